The van der Waals surface area contributed by atoms with Crippen LogP contribution in [0.4, 0.5) is 0 Å². The Hall–Kier alpha value is -5.86. The average Bonchev–Trinajstić information content (AvgIpc) is 4.07. The molecule has 0 aliphatic carbocycles. The van der Waals surface area contributed by atoms with Crippen molar-refractivity contribution in [1.29, 1.82) is 5.41 Å². The summed E-state index contributed by atoms with van der Waals surface area (Å²) in [6, 6.07) is 35.6. The molecule has 1 amide bonds. The summed E-state index contributed by atoms with van der Waals surface area (Å²) in [5.41, 5.74) is 14.6. The summed E-state index contributed by atoms with van der Waals surface area (Å²) in [4.78, 5) is 26.4. The van der Waals surface area contributed by atoms with Gasteiger partial charge in [0.2, 0.25) is 5.91 Å². The molecule has 0 saturated heterocycles. The van der Waals surface area contributed by atoms with E-state index < -0.39 is 0 Å². The van der Waals surface area contributed by atoms with Crippen LogP contribution in [0.25, 0.3) is 46.4 Å². The SMILES string of the molecule is C1=Cc2cc3ccc(cc4ccc(cc5nc(cc1n2)C=C5)[nH]4)[nH]3.CCCCCCCCCCCCOC(CCC=N)c1ccccc1.NC(=O)c1ccccc1. The van der Waals surface area contributed by atoms with E-state index in [-0.39, 0.29) is 12.0 Å². The molecule has 1 unspecified atom stereocenters. The van der Waals surface area contributed by atoms with E-state index in [1.54, 1.807) is 24.3 Å². The monoisotopic (exact) mass is 762 g/mol. The highest BCUT2D eigenvalue weighted by Gasteiger charge is 2.11. The maximum Gasteiger partial charge on any atom is 0.248 e. The Morgan fingerprint density at radius 1 is 0.632 bits per heavy atom. The molecule has 5 N–H and O–H groups in total. The second kappa shape index (κ2) is 23.9. The van der Waals surface area contributed by atoms with Gasteiger partial charge < -0.3 is 25.8 Å². The van der Waals surface area contributed by atoms with Crippen molar-refractivity contribution in [3.05, 3.63) is 143 Å². The number of fused-ring (bicyclic) bond motifs is 8. The number of unbranched alkanes of at least 4 members (excludes halogenated alkanes) is 9. The van der Waals surface area contributed by atoms with Gasteiger partial charge in [-0.25, -0.2) is 9.97 Å². The maximum absolute atomic E-state index is 10.4. The lowest BCUT2D eigenvalue weighted by atomic mass is 10.0. The first-order chi connectivity index (χ1) is 28.0. The van der Waals surface area contributed by atoms with Gasteiger partial charge in [0.15, 0.2) is 0 Å². The molecule has 0 saturated carbocycles. The lowest BCUT2D eigenvalue weighted by molar-refractivity contribution is 0.0454. The minimum atomic E-state index is -0.379. The molecule has 3 aromatic heterocycles. The molecule has 0 spiro atoms. The molecule has 0 fully saturated rings. The van der Waals surface area contributed by atoms with Crippen molar-refractivity contribution >= 4 is 58.5 Å². The highest BCUT2D eigenvalue weighted by molar-refractivity contribution is 5.92. The van der Waals surface area contributed by atoms with Gasteiger partial charge in [0.1, 0.15) is 0 Å². The van der Waals surface area contributed by atoms with Crippen molar-refractivity contribution in [3.63, 3.8) is 0 Å². The molecule has 5 heterocycles. The molecular formula is C49H58N6O2. The van der Waals surface area contributed by atoms with E-state index in [4.69, 9.17) is 15.9 Å². The predicted octanol–water partition coefficient (Wildman–Crippen LogP) is 12.5. The van der Waals surface area contributed by atoms with Gasteiger partial charge in [-0.15, -0.1) is 0 Å². The zero-order valence-corrected chi connectivity index (χ0v) is 33.3. The second-order valence-electron chi connectivity index (χ2n) is 14.4. The average molecular weight is 763 g/mol. The number of carbonyl (C=O) groups excluding carboxylic acids is 1. The Balaban J connectivity index is 0.000000179. The number of aromatic nitrogens is 4. The number of nitrogens with one attached hydrogen (secondary N) is 3. The molecule has 7 rings (SSSR count). The quantitative estimate of drug-likeness (QED) is 0.0543. The molecule has 57 heavy (non-hydrogen) atoms. The van der Waals surface area contributed by atoms with Crippen molar-refractivity contribution in [2.75, 3.05) is 6.61 Å². The lowest BCUT2D eigenvalue weighted by Crippen LogP contribution is -2.09. The summed E-state index contributed by atoms with van der Waals surface area (Å²) in [6.45, 7) is 3.11. The van der Waals surface area contributed by atoms with Crippen LogP contribution in [0.2, 0.25) is 0 Å². The molecule has 8 bridgehead atoms. The number of hydrogen-bond acceptors (Lipinski definition) is 5. The fraction of sp³-hybridized carbons (Fsp3) is 0.306. The van der Waals surface area contributed by atoms with Crippen LogP contribution in [0.5, 0.6) is 0 Å². The maximum atomic E-state index is 10.4. The van der Waals surface area contributed by atoms with Crippen molar-refractivity contribution in [2.24, 2.45) is 5.73 Å². The molecule has 0 radical (unpaired) electrons. The largest absolute Gasteiger partial charge is 0.374 e. The number of carbonyl (C=O) groups is 1. The van der Waals surface area contributed by atoms with Crippen molar-refractivity contribution in [1.82, 2.24) is 19.9 Å². The Labute approximate surface area is 337 Å². The van der Waals surface area contributed by atoms with Crippen LogP contribution in [-0.4, -0.2) is 38.7 Å². The second-order valence-corrected chi connectivity index (χ2v) is 14.4. The number of primary amides is 1. The predicted molar refractivity (Wildman–Crippen MR) is 239 cm³/mol. The summed E-state index contributed by atoms with van der Waals surface area (Å²) < 4.78 is 6.10. The molecular weight excluding hydrogens is 705 g/mol. The summed E-state index contributed by atoms with van der Waals surface area (Å²) >= 11 is 0. The highest BCUT2D eigenvalue weighted by atomic mass is 16.5. The fourth-order valence-electron chi connectivity index (χ4n) is 6.61. The van der Waals surface area contributed by atoms with Crippen LogP contribution in [0.3, 0.4) is 0 Å². The number of aromatic amines is 2. The Kier molecular flexibility index (Phi) is 17.7. The van der Waals surface area contributed by atoms with Crippen LogP contribution < -0.4 is 5.73 Å². The van der Waals surface area contributed by atoms with Crippen LogP contribution in [0, 0.1) is 5.41 Å². The topological polar surface area (TPSA) is 134 Å². The fourth-order valence-corrected chi connectivity index (χ4v) is 6.61. The van der Waals surface area contributed by atoms with Gasteiger partial charge in [0, 0.05) is 34.2 Å². The summed E-state index contributed by atoms with van der Waals surface area (Å²) in [5, 5.41) is 7.24. The first kappa shape index (κ1) is 42.3. The van der Waals surface area contributed by atoms with Crippen molar-refractivity contribution < 1.29 is 9.53 Å². The number of benzene rings is 2. The molecule has 8 heteroatoms. The van der Waals surface area contributed by atoms with Gasteiger partial charge in [-0.05, 0) is 116 Å². The van der Waals surface area contributed by atoms with E-state index in [0.29, 0.717) is 5.56 Å². The lowest BCUT2D eigenvalue weighted by Gasteiger charge is -2.17. The van der Waals surface area contributed by atoms with Crippen LogP contribution in [-0.2, 0) is 4.74 Å². The van der Waals surface area contributed by atoms with E-state index >= 15 is 0 Å². The molecule has 2 aromatic carbocycles. The van der Waals surface area contributed by atoms with Gasteiger partial charge in [-0.3, -0.25) is 4.79 Å². The number of nitrogens with two attached hydrogens (primary N) is 1. The Morgan fingerprint density at radius 2 is 1.09 bits per heavy atom. The van der Waals surface area contributed by atoms with E-state index in [9.17, 15) is 4.79 Å². The summed E-state index contributed by atoms with van der Waals surface area (Å²) in [7, 11) is 0. The van der Waals surface area contributed by atoms with Gasteiger partial charge in [-0.2, -0.15) is 0 Å². The number of nitrogens with zero attached hydrogens (tertiary/aromatic N) is 2. The molecule has 8 nitrogen and oxygen atoms in total. The third-order valence-electron chi connectivity index (χ3n) is 9.66. The summed E-state index contributed by atoms with van der Waals surface area (Å²) in [5.74, 6) is -0.379. The standard InChI is InChI=1S/C22H37NO.C20H14N4.C7H7NO/c1-2-3-4-5-6-7-8-9-10-14-20-24-22(18-15-19-23)21-16-12-11-13-17-21;1-2-14-10-16-5-6-18(23-16)12-20-8-7-19(24-20)11-17-4-3-15(22-17)9-13(1)21-14;8-7(9)6-4-2-1-3-5-6/h11-13,16-17,19,22-23H,2-10,14-15,18,20H2,1H3;1-12,21-22H;1-5H,(H2,8,9). The first-order valence-corrected chi connectivity index (χ1v) is 20.5. The number of H-pyrrole nitrogens is 2. The van der Waals surface area contributed by atoms with Gasteiger partial charge in [0.25, 0.3) is 0 Å². The molecule has 5 aromatic rings. The minimum Gasteiger partial charge on any atom is -0.374 e. The number of hydrogen-bond donors (Lipinski definition) is 4. The number of rotatable bonds is 17. The van der Waals surface area contributed by atoms with Crippen LogP contribution in [0.1, 0.15) is 129 Å². The smallest absolute Gasteiger partial charge is 0.248 e. The van der Waals surface area contributed by atoms with Gasteiger partial charge in [0.05, 0.1) is 28.9 Å². The van der Waals surface area contributed by atoms with Gasteiger partial charge in [-0.1, -0.05) is 113 Å². The van der Waals surface area contributed by atoms with Crippen LogP contribution >= 0.6 is 0 Å². The number of amides is 1. The molecule has 2 aliphatic heterocycles. The molecule has 296 valence electrons. The van der Waals surface area contributed by atoms with Crippen molar-refractivity contribution in [3.8, 4) is 0 Å². The van der Waals surface area contributed by atoms with Crippen LogP contribution in [0.15, 0.2) is 109 Å². The zero-order chi connectivity index (χ0) is 39.9. The Morgan fingerprint density at radius 3 is 1.56 bits per heavy atom. The van der Waals surface area contributed by atoms with E-state index in [1.807, 2.05) is 54.6 Å². The number of ether oxygens (including phenoxy) is 1. The van der Waals surface area contributed by atoms with E-state index in [0.717, 1.165) is 70.7 Å². The Bertz CT molecular complexity index is 2100. The first-order valence-electron chi connectivity index (χ1n) is 20.5. The zero-order valence-electron chi connectivity index (χ0n) is 33.3. The third-order valence-corrected chi connectivity index (χ3v) is 9.66. The normalized spacial score (nSPS) is 11.9. The van der Waals surface area contributed by atoms with E-state index in [2.05, 4.69) is 81.5 Å². The van der Waals surface area contributed by atoms with Crippen molar-refractivity contribution in [2.45, 2.75) is 90.1 Å². The summed E-state index contributed by atoms with van der Waals surface area (Å²) in [6.07, 6.45) is 24.9. The van der Waals surface area contributed by atoms with Gasteiger partial charge >= 0.3 is 0 Å². The molecule has 2 aliphatic rings. The van der Waals surface area contributed by atoms with E-state index in [1.165, 1.54) is 69.6 Å². The minimum absolute atomic E-state index is 0.145. The molecule has 1 atom stereocenters. The third kappa shape index (κ3) is 15.3. The highest BCUT2D eigenvalue weighted by Crippen LogP contribution is 2.23.